The van der Waals surface area contributed by atoms with Crippen molar-refractivity contribution < 1.29 is 4.74 Å². The Labute approximate surface area is 205 Å². The van der Waals surface area contributed by atoms with Crippen LogP contribution in [0.5, 0.6) is 0 Å². The van der Waals surface area contributed by atoms with Crippen LogP contribution in [0, 0.1) is 5.92 Å². The van der Waals surface area contributed by atoms with E-state index in [1.54, 1.807) is 0 Å². The molecule has 0 bridgehead atoms. The lowest BCUT2D eigenvalue weighted by molar-refractivity contribution is 0.122. The summed E-state index contributed by atoms with van der Waals surface area (Å²) in [6.07, 6.45) is 7.25. The van der Waals surface area contributed by atoms with Gasteiger partial charge in [0.25, 0.3) is 0 Å². The maximum atomic E-state index is 5.49. The number of halogens is 1. The second-order valence-corrected chi connectivity index (χ2v) is 8.65. The first-order valence-electron chi connectivity index (χ1n) is 11.6. The van der Waals surface area contributed by atoms with Gasteiger partial charge in [-0.15, -0.1) is 24.0 Å². The van der Waals surface area contributed by atoms with E-state index >= 15 is 0 Å². The zero-order chi connectivity index (χ0) is 21.2. The van der Waals surface area contributed by atoms with E-state index in [0.29, 0.717) is 18.5 Å². The Morgan fingerprint density at radius 3 is 2.45 bits per heavy atom. The summed E-state index contributed by atoms with van der Waals surface area (Å²) in [6.45, 7) is 12.0. The number of guanidine groups is 1. The minimum Gasteiger partial charge on any atom is -0.378 e. The maximum absolute atomic E-state index is 5.49. The van der Waals surface area contributed by atoms with E-state index in [-0.39, 0.29) is 24.0 Å². The Hall–Kier alpha value is -1.13. The molecule has 0 amide bonds. The minimum atomic E-state index is 0. The number of nitrogens with zero attached hydrogens (tertiary/aromatic N) is 4. The molecule has 2 fully saturated rings. The Kier molecular flexibility index (Phi) is 11.9. The monoisotopic (exact) mass is 544 g/mol. The summed E-state index contributed by atoms with van der Waals surface area (Å²) in [7, 11) is 1.85. The van der Waals surface area contributed by atoms with Crippen molar-refractivity contribution in [2.24, 2.45) is 10.9 Å². The fraction of sp³-hybridized carbons (Fsp3) is 0.739. The molecule has 0 aliphatic carbocycles. The smallest absolute Gasteiger partial charge is 0.191 e. The third-order valence-corrected chi connectivity index (χ3v) is 6.21. The molecule has 1 atom stereocenters. The molecule has 1 aromatic heterocycles. The van der Waals surface area contributed by atoms with Crippen LogP contribution in [0.3, 0.4) is 0 Å². The molecule has 2 aliphatic rings. The van der Waals surface area contributed by atoms with Crippen molar-refractivity contribution in [1.82, 2.24) is 20.5 Å². The summed E-state index contributed by atoms with van der Waals surface area (Å²) >= 11 is 0. The van der Waals surface area contributed by atoms with Crippen LogP contribution in [-0.4, -0.2) is 74.9 Å². The van der Waals surface area contributed by atoms with Gasteiger partial charge in [0.1, 0.15) is 5.82 Å². The highest BCUT2D eigenvalue weighted by molar-refractivity contribution is 14.0. The summed E-state index contributed by atoms with van der Waals surface area (Å²) in [5.74, 6) is 2.51. The molecule has 0 radical (unpaired) electrons. The first kappa shape index (κ1) is 26.1. The van der Waals surface area contributed by atoms with Gasteiger partial charge < -0.3 is 20.3 Å². The van der Waals surface area contributed by atoms with Gasteiger partial charge in [0.05, 0.1) is 13.2 Å². The van der Waals surface area contributed by atoms with Crippen LogP contribution < -0.4 is 15.5 Å². The van der Waals surface area contributed by atoms with Gasteiger partial charge in [-0.3, -0.25) is 9.89 Å². The second-order valence-electron chi connectivity index (χ2n) is 8.65. The zero-order valence-electron chi connectivity index (χ0n) is 19.5. The topological polar surface area (TPSA) is 65.0 Å². The number of likely N-dealkylation sites (tertiary alicyclic amines) is 1. The van der Waals surface area contributed by atoms with Crippen LogP contribution in [0.15, 0.2) is 23.3 Å². The molecule has 2 aliphatic heterocycles. The lowest BCUT2D eigenvalue weighted by atomic mass is 10.0. The van der Waals surface area contributed by atoms with Crippen molar-refractivity contribution >= 4 is 35.8 Å². The number of pyridine rings is 1. The van der Waals surface area contributed by atoms with Crippen molar-refractivity contribution in [2.75, 3.05) is 57.9 Å². The second kappa shape index (κ2) is 14.1. The highest BCUT2D eigenvalue weighted by atomic mass is 127. The van der Waals surface area contributed by atoms with Gasteiger partial charge in [-0.05, 0) is 37.9 Å². The third-order valence-electron chi connectivity index (χ3n) is 6.21. The van der Waals surface area contributed by atoms with Crippen LogP contribution >= 0.6 is 24.0 Å². The van der Waals surface area contributed by atoms with Crippen molar-refractivity contribution in [3.05, 3.63) is 23.9 Å². The fourth-order valence-corrected chi connectivity index (χ4v) is 4.44. The number of aliphatic imine (C=N–C) groups is 1. The predicted molar refractivity (Wildman–Crippen MR) is 140 cm³/mol. The molecule has 1 aromatic rings. The van der Waals surface area contributed by atoms with E-state index in [9.17, 15) is 0 Å². The standard InChI is InChI=1S/C23H40N6O.HI/c1-19(2)21(28-11-6-4-5-7-12-28)18-27-23(24-3)26-17-20-9-8-10-25-22(20)29-13-15-30-16-14-29;/h8-10,19,21H,4-7,11-18H2,1-3H3,(H2,24,26,27);1H. The van der Waals surface area contributed by atoms with Crippen LogP contribution in [0.2, 0.25) is 0 Å². The van der Waals surface area contributed by atoms with Crippen LogP contribution in [0.1, 0.15) is 45.1 Å². The number of morpholine rings is 1. The van der Waals surface area contributed by atoms with Gasteiger partial charge in [-0.25, -0.2) is 4.98 Å². The molecule has 0 aromatic carbocycles. The fourth-order valence-electron chi connectivity index (χ4n) is 4.44. The minimum absolute atomic E-state index is 0. The number of anilines is 1. The summed E-state index contributed by atoms with van der Waals surface area (Å²) < 4.78 is 5.49. The van der Waals surface area contributed by atoms with Gasteiger partial charge in [0.2, 0.25) is 0 Å². The predicted octanol–water partition coefficient (Wildman–Crippen LogP) is 3.10. The number of nitrogens with one attached hydrogen (secondary N) is 2. The van der Waals surface area contributed by atoms with Crippen molar-refractivity contribution in [1.29, 1.82) is 0 Å². The van der Waals surface area contributed by atoms with Crippen molar-refractivity contribution in [2.45, 2.75) is 52.1 Å². The molecule has 3 rings (SSSR count). The van der Waals surface area contributed by atoms with E-state index in [2.05, 4.69) is 50.3 Å². The number of hydrogen-bond donors (Lipinski definition) is 2. The Morgan fingerprint density at radius 1 is 1.10 bits per heavy atom. The van der Waals surface area contributed by atoms with Gasteiger partial charge in [0, 0.05) is 51.0 Å². The molecule has 176 valence electrons. The lowest BCUT2D eigenvalue weighted by Gasteiger charge is -2.34. The van der Waals surface area contributed by atoms with Crippen LogP contribution in [0.4, 0.5) is 5.82 Å². The normalized spacial score (nSPS) is 19.5. The van der Waals surface area contributed by atoms with E-state index in [1.165, 1.54) is 44.3 Å². The van der Waals surface area contributed by atoms with Gasteiger partial charge >= 0.3 is 0 Å². The summed E-state index contributed by atoms with van der Waals surface area (Å²) in [5.41, 5.74) is 1.19. The molecule has 0 spiro atoms. The average molecular weight is 545 g/mol. The van der Waals surface area contributed by atoms with Crippen LogP contribution in [-0.2, 0) is 11.3 Å². The maximum Gasteiger partial charge on any atom is 0.191 e. The van der Waals surface area contributed by atoms with Crippen LogP contribution in [0.25, 0.3) is 0 Å². The zero-order valence-corrected chi connectivity index (χ0v) is 21.8. The molecule has 3 heterocycles. The molecule has 0 saturated carbocycles. The highest BCUT2D eigenvalue weighted by Crippen LogP contribution is 2.19. The molecular formula is C23H41IN6O. The van der Waals surface area contributed by atoms with Gasteiger partial charge in [-0.1, -0.05) is 32.8 Å². The number of aromatic nitrogens is 1. The van der Waals surface area contributed by atoms with E-state index in [1.807, 2.05) is 19.3 Å². The number of ether oxygens (including phenoxy) is 1. The average Bonchev–Trinajstić information content (AvgIpc) is 3.06. The SMILES string of the molecule is CN=C(NCc1cccnc1N1CCOCC1)NCC(C(C)C)N1CCCCCC1.I. The molecule has 2 N–H and O–H groups in total. The molecule has 7 nitrogen and oxygen atoms in total. The van der Waals surface area contributed by atoms with E-state index in [0.717, 1.165) is 44.6 Å². The van der Waals surface area contributed by atoms with E-state index < -0.39 is 0 Å². The highest BCUT2D eigenvalue weighted by Gasteiger charge is 2.23. The molecule has 31 heavy (non-hydrogen) atoms. The van der Waals surface area contributed by atoms with Gasteiger partial charge in [-0.2, -0.15) is 0 Å². The largest absolute Gasteiger partial charge is 0.378 e. The molecule has 1 unspecified atom stereocenters. The van der Waals surface area contributed by atoms with Crippen molar-refractivity contribution in [3.63, 3.8) is 0 Å². The third kappa shape index (κ3) is 8.05. The summed E-state index contributed by atoms with van der Waals surface area (Å²) in [6, 6.07) is 4.68. The number of rotatable bonds is 7. The van der Waals surface area contributed by atoms with Gasteiger partial charge in [0.15, 0.2) is 5.96 Å². The summed E-state index contributed by atoms with van der Waals surface area (Å²) in [4.78, 5) is 14.1. The molecule has 8 heteroatoms. The van der Waals surface area contributed by atoms with E-state index in [4.69, 9.17) is 4.74 Å². The molecular weight excluding hydrogens is 503 g/mol. The first-order valence-corrected chi connectivity index (χ1v) is 11.6. The number of hydrogen-bond acceptors (Lipinski definition) is 5. The quantitative estimate of drug-likeness (QED) is 0.313. The lowest BCUT2D eigenvalue weighted by Crippen LogP contribution is -2.49. The summed E-state index contributed by atoms with van der Waals surface area (Å²) in [5, 5.41) is 7.08. The molecule has 2 saturated heterocycles. The Morgan fingerprint density at radius 2 is 1.81 bits per heavy atom. The Bertz CT molecular complexity index is 657. The van der Waals surface area contributed by atoms with Crippen molar-refractivity contribution in [3.8, 4) is 0 Å². The first-order chi connectivity index (χ1) is 14.7. The Balaban J connectivity index is 0.00000341.